The lowest BCUT2D eigenvalue weighted by molar-refractivity contribution is 0.258. The summed E-state index contributed by atoms with van der Waals surface area (Å²) in [6.07, 6.45) is 8.38. The summed E-state index contributed by atoms with van der Waals surface area (Å²) in [7, 11) is 0. The Labute approximate surface area is 96.4 Å². The third kappa shape index (κ3) is 3.77. The Kier molecular flexibility index (Phi) is 4.55. The van der Waals surface area contributed by atoms with Gasteiger partial charge in [0.1, 0.15) is 0 Å². The standard InChI is InChI=1S/C12H19N3O/c1(3-11-4-8-13-9-5-11)10-16-12-14-6-2-7-15-12/h2,6-7,11,13H,1,3-5,8-10H2. The Balaban J connectivity index is 1.58. The van der Waals surface area contributed by atoms with Crippen molar-refractivity contribution in [2.75, 3.05) is 19.7 Å². The van der Waals surface area contributed by atoms with Crippen LogP contribution in [0, 0.1) is 5.92 Å². The van der Waals surface area contributed by atoms with Crippen LogP contribution in [0.15, 0.2) is 18.5 Å². The highest BCUT2D eigenvalue weighted by Crippen LogP contribution is 2.17. The van der Waals surface area contributed by atoms with Gasteiger partial charge in [-0.2, -0.15) is 0 Å². The van der Waals surface area contributed by atoms with E-state index >= 15 is 0 Å². The van der Waals surface area contributed by atoms with E-state index in [4.69, 9.17) is 4.74 Å². The van der Waals surface area contributed by atoms with Gasteiger partial charge >= 0.3 is 6.01 Å². The summed E-state index contributed by atoms with van der Waals surface area (Å²) >= 11 is 0. The van der Waals surface area contributed by atoms with Crippen molar-refractivity contribution in [2.24, 2.45) is 5.92 Å². The lowest BCUT2D eigenvalue weighted by Crippen LogP contribution is -2.27. The molecule has 0 amide bonds. The first-order valence-electron chi connectivity index (χ1n) is 6.05. The minimum absolute atomic E-state index is 0.493. The lowest BCUT2D eigenvalue weighted by atomic mass is 9.93. The molecule has 0 saturated carbocycles. The van der Waals surface area contributed by atoms with Crippen LogP contribution in [0.4, 0.5) is 0 Å². The highest BCUT2D eigenvalue weighted by Gasteiger charge is 2.12. The van der Waals surface area contributed by atoms with Gasteiger partial charge in [-0.1, -0.05) is 0 Å². The molecule has 1 aromatic rings. The molecule has 16 heavy (non-hydrogen) atoms. The molecule has 1 N–H and O–H groups in total. The number of rotatable bonds is 5. The molecular weight excluding hydrogens is 202 g/mol. The van der Waals surface area contributed by atoms with Gasteiger partial charge in [0.2, 0.25) is 0 Å². The normalized spacial score (nSPS) is 17.2. The molecule has 0 spiro atoms. The van der Waals surface area contributed by atoms with E-state index in [-0.39, 0.29) is 0 Å². The number of nitrogens with one attached hydrogen (secondary N) is 1. The highest BCUT2D eigenvalue weighted by molar-refractivity contribution is 4.92. The third-order valence-corrected chi connectivity index (χ3v) is 2.99. The predicted molar refractivity (Wildman–Crippen MR) is 62.4 cm³/mol. The van der Waals surface area contributed by atoms with Crippen LogP contribution in [0.5, 0.6) is 6.01 Å². The molecule has 88 valence electrons. The van der Waals surface area contributed by atoms with Crippen LogP contribution in [0.3, 0.4) is 0 Å². The molecule has 2 rings (SSSR count). The number of aromatic nitrogens is 2. The van der Waals surface area contributed by atoms with Gasteiger partial charge in [0.05, 0.1) is 6.61 Å². The summed E-state index contributed by atoms with van der Waals surface area (Å²) in [5.74, 6) is 0.876. The van der Waals surface area contributed by atoms with E-state index in [9.17, 15) is 0 Å². The smallest absolute Gasteiger partial charge is 0.316 e. The van der Waals surface area contributed by atoms with Gasteiger partial charge in [-0.3, -0.25) is 0 Å². The molecule has 0 bridgehead atoms. The molecule has 0 radical (unpaired) electrons. The summed E-state index contributed by atoms with van der Waals surface area (Å²) in [5.41, 5.74) is 0. The highest BCUT2D eigenvalue weighted by atomic mass is 16.5. The minimum atomic E-state index is 0.493. The van der Waals surface area contributed by atoms with Gasteiger partial charge in [-0.15, -0.1) is 0 Å². The fraction of sp³-hybridized carbons (Fsp3) is 0.667. The molecule has 0 aliphatic carbocycles. The predicted octanol–water partition coefficient (Wildman–Crippen LogP) is 1.64. The Bertz CT molecular complexity index is 286. The topological polar surface area (TPSA) is 47.0 Å². The molecule has 4 nitrogen and oxygen atoms in total. The van der Waals surface area contributed by atoms with Crippen LogP contribution in [0.2, 0.25) is 0 Å². The maximum Gasteiger partial charge on any atom is 0.316 e. The lowest BCUT2D eigenvalue weighted by Gasteiger charge is -2.22. The molecule has 0 atom stereocenters. The van der Waals surface area contributed by atoms with Crippen LogP contribution in [0.25, 0.3) is 0 Å². The van der Waals surface area contributed by atoms with E-state index in [0.717, 1.165) is 18.9 Å². The first-order valence-corrected chi connectivity index (χ1v) is 6.05. The summed E-state index contributed by atoms with van der Waals surface area (Å²) in [5, 5.41) is 3.38. The SMILES string of the molecule is c1cnc(OCCCC2CCNCC2)nc1. The zero-order valence-electron chi connectivity index (χ0n) is 9.56. The maximum atomic E-state index is 5.46. The summed E-state index contributed by atoms with van der Waals surface area (Å²) in [6, 6.07) is 2.29. The average Bonchev–Trinajstić information content (AvgIpc) is 2.37. The van der Waals surface area contributed by atoms with Gasteiger partial charge in [0.25, 0.3) is 0 Å². The van der Waals surface area contributed by atoms with Gasteiger partial charge in [-0.05, 0) is 50.8 Å². The zero-order chi connectivity index (χ0) is 11.1. The molecule has 2 heterocycles. The Morgan fingerprint density at radius 1 is 1.25 bits per heavy atom. The Hall–Kier alpha value is -1.16. The molecule has 4 heteroatoms. The number of hydrogen-bond donors (Lipinski definition) is 1. The van der Waals surface area contributed by atoms with Crippen molar-refractivity contribution in [1.29, 1.82) is 0 Å². The van der Waals surface area contributed by atoms with Crippen molar-refractivity contribution in [1.82, 2.24) is 15.3 Å². The van der Waals surface area contributed by atoms with Crippen molar-refractivity contribution in [3.05, 3.63) is 18.5 Å². The van der Waals surface area contributed by atoms with Crippen molar-refractivity contribution in [2.45, 2.75) is 25.7 Å². The number of piperidine rings is 1. The van der Waals surface area contributed by atoms with Gasteiger partial charge in [0, 0.05) is 12.4 Å². The van der Waals surface area contributed by atoms with Crippen LogP contribution < -0.4 is 10.1 Å². The van der Waals surface area contributed by atoms with Crippen LogP contribution >= 0.6 is 0 Å². The Morgan fingerprint density at radius 2 is 2.00 bits per heavy atom. The second-order valence-corrected chi connectivity index (χ2v) is 4.22. The van der Waals surface area contributed by atoms with Crippen LogP contribution in [-0.2, 0) is 0 Å². The fourth-order valence-electron chi connectivity index (χ4n) is 2.07. The first-order chi connectivity index (χ1) is 7.95. The maximum absolute atomic E-state index is 5.46. The largest absolute Gasteiger partial charge is 0.463 e. The van der Waals surface area contributed by atoms with Gasteiger partial charge in [-0.25, -0.2) is 9.97 Å². The fourth-order valence-corrected chi connectivity index (χ4v) is 2.07. The number of ether oxygens (including phenoxy) is 1. The quantitative estimate of drug-likeness (QED) is 0.768. The zero-order valence-corrected chi connectivity index (χ0v) is 9.56. The molecule has 1 aromatic heterocycles. The minimum Gasteiger partial charge on any atom is -0.463 e. The molecule has 0 aromatic carbocycles. The van der Waals surface area contributed by atoms with E-state index < -0.39 is 0 Å². The van der Waals surface area contributed by atoms with E-state index in [1.807, 2.05) is 0 Å². The summed E-state index contributed by atoms with van der Waals surface area (Å²) < 4.78 is 5.46. The van der Waals surface area contributed by atoms with Gasteiger partial charge in [0.15, 0.2) is 0 Å². The van der Waals surface area contributed by atoms with Gasteiger partial charge < -0.3 is 10.1 Å². The average molecular weight is 221 g/mol. The van der Waals surface area contributed by atoms with Crippen molar-refractivity contribution in [3.63, 3.8) is 0 Å². The van der Waals surface area contributed by atoms with Crippen molar-refractivity contribution in [3.8, 4) is 6.01 Å². The second-order valence-electron chi connectivity index (χ2n) is 4.22. The summed E-state index contributed by atoms with van der Waals surface area (Å²) in [4.78, 5) is 8.04. The number of nitrogens with zero attached hydrogens (tertiary/aromatic N) is 2. The van der Waals surface area contributed by atoms with E-state index in [1.165, 1.54) is 32.4 Å². The molecule has 0 unspecified atom stereocenters. The molecule has 1 aliphatic heterocycles. The van der Waals surface area contributed by atoms with Crippen molar-refractivity contribution < 1.29 is 4.74 Å². The van der Waals surface area contributed by atoms with Crippen LogP contribution in [0.1, 0.15) is 25.7 Å². The monoisotopic (exact) mass is 221 g/mol. The van der Waals surface area contributed by atoms with E-state index in [2.05, 4.69) is 15.3 Å². The molecule has 1 aliphatic rings. The van der Waals surface area contributed by atoms with E-state index in [0.29, 0.717) is 6.01 Å². The molecular formula is C12H19N3O. The van der Waals surface area contributed by atoms with E-state index in [1.54, 1.807) is 18.5 Å². The summed E-state index contributed by atoms with van der Waals surface area (Å²) in [6.45, 7) is 3.08. The first kappa shape index (κ1) is 11.3. The Morgan fingerprint density at radius 3 is 2.75 bits per heavy atom. The molecule has 1 fully saturated rings. The third-order valence-electron chi connectivity index (χ3n) is 2.99. The van der Waals surface area contributed by atoms with Crippen molar-refractivity contribution >= 4 is 0 Å². The number of hydrogen-bond acceptors (Lipinski definition) is 4. The molecule has 1 saturated heterocycles. The second kappa shape index (κ2) is 6.43. The van der Waals surface area contributed by atoms with Crippen LogP contribution in [-0.4, -0.2) is 29.7 Å².